The number of hydrogen-bond acceptors (Lipinski definition) is 4. The Bertz CT molecular complexity index is 358. The van der Waals surface area contributed by atoms with E-state index in [1.807, 2.05) is 5.38 Å². The van der Waals surface area contributed by atoms with Crippen LogP contribution in [0.4, 0.5) is 0 Å². The molecule has 2 heterocycles. The SMILES string of the molecule is O=C(O)Cc1csc(CC2CCCCO2)n1. The number of aromatic nitrogens is 1. The van der Waals surface area contributed by atoms with Gasteiger partial charge < -0.3 is 9.84 Å². The summed E-state index contributed by atoms with van der Waals surface area (Å²) in [7, 11) is 0. The number of nitrogens with zero attached hydrogens (tertiary/aromatic N) is 1. The van der Waals surface area contributed by atoms with Gasteiger partial charge in [-0.2, -0.15) is 0 Å². The lowest BCUT2D eigenvalue weighted by atomic mass is 10.1. The lowest BCUT2D eigenvalue weighted by Gasteiger charge is -2.21. The average molecular weight is 241 g/mol. The van der Waals surface area contributed by atoms with Gasteiger partial charge in [-0.25, -0.2) is 4.98 Å². The molecule has 0 aliphatic carbocycles. The number of ether oxygens (including phenoxy) is 1. The van der Waals surface area contributed by atoms with E-state index in [1.165, 1.54) is 17.8 Å². The van der Waals surface area contributed by atoms with E-state index in [0.29, 0.717) is 5.69 Å². The summed E-state index contributed by atoms with van der Waals surface area (Å²) in [5, 5.41) is 11.5. The van der Waals surface area contributed by atoms with E-state index in [-0.39, 0.29) is 12.5 Å². The third-order valence-corrected chi connectivity index (χ3v) is 3.53. The van der Waals surface area contributed by atoms with Crippen molar-refractivity contribution in [3.05, 3.63) is 16.1 Å². The lowest BCUT2D eigenvalue weighted by Crippen LogP contribution is -2.21. The summed E-state index contributed by atoms with van der Waals surface area (Å²) in [6, 6.07) is 0. The zero-order valence-corrected chi connectivity index (χ0v) is 9.83. The molecule has 0 saturated carbocycles. The fourth-order valence-electron chi connectivity index (χ4n) is 1.84. The normalized spacial score (nSPS) is 20.9. The molecule has 2 rings (SSSR count). The molecule has 5 heteroatoms. The van der Waals surface area contributed by atoms with E-state index in [0.717, 1.165) is 30.9 Å². The molecule has 0 bridgehead atoms. The third kappa shape index (κ3) is 3.28. The van der Waals surface area contributed by atoms with Gasteiger partial charge in [-0.15, -0.1) is 11.3 Å². The van der Waals surface area contributed by atoms with Crippen molar-refractivity contribution in [3.8, 4) is 0 Å². The molecular formula is C11H15NO3S. The van der Waals surface area contributed by atoms with E-state index >= 15 is 0 Å². The van der Waals surface area contributed by atoms with Crippen LogP contribution in [0.25, 0.3) is 0 Å². The van der Waals surface area contributed by atoms with Gasteiger partial charge in [0.15, 0.2) is 0 Å². The van der Waals surface area contributed by atoms with Gasteiger partial charge in [-0.1, -0.05) is 0 Å². The molecule has 4 nitrogen and oxygen atoms in total. The van der Waals surface area contributed by atoms with Gasteiger partial charge in [0.2, 0.25) is 0 Å². The van der Waals surface area contributed by atoms with Crippen LogP contribution < -0.4 is 0 Å². The van der Waals surface area contributed by atoms with Crippen LogP contribution >= 0.6 is 11.3 Å². The standard InChI is InChI=1S/C11H15NO3S/c13-11(14)5-8-7-16-10(12-8)6-9-3-1-2-4-15-9/h7,9H,1-6H2,(H,13,14). The van der Waals surface area contributed by atoms with Gasteiger partial charge in [-0.05, 0) is 19.3 Å². The number of carbonyl (C=O) groups is 1. The minimum atomic E-state index is -0.828. The van der Waals surface area contributed by atoms with E-state index in [2.05, 4.69) is 4.98 Å². The Labute approximate surface area is 98.3 Å². The highest BCUT2D eigenvalue weighted by Gasteiger charge is 2.16. The number of carboxylic acids is 1. The monoisotopic (exact) mass is 241 g/mol. The summed E-state index contributed by atoms with van der Waals surface area (Å²) in [6.45, 7) is 0.845. The second-order valence-corrected chi connectivity index (χ2v) is 4.94. The molecule has 0 aromatic carbocycles. The topological polar surface area (TPSA) is 59.4 Å². The first kappa shape index (κ1) is 11.5. The summed E-state index contributed by atoms with van der Waals surface area (Å²) in [5.41, 5.74) is 0.656. The van der Waals surface area contributed by atoms with Crippen LogP contribution in [0, 0.1) is 0 Å². The molecule has 0 spiro atoms. The molecule has 0 amide bonds. The Hall–Kier alpha value is -0.940. The predicted octanol–water partition coefficient (Wildman–Crippen LogP) is 1.88. The van der Waals surface area contributed by atoms with Crippen molar-refractivity contribution in [1.82, 2.24) is 4.98 Å². The second kappa shape index (κ2) is 5.41. The van der Waals surface area contributed by atoms with Crippen LogP contribution in [0.2, 0.25) is 0 Å². The first-order valence-corrected chi connectivity index (χ1v) is 6.38. The largest absolute Gasteiger partial charge is 0.481 e. The first-order valence-electron chi connectivity index (χ1n) is 5.50. The summed E-state index contributed by atoms with van der Waals surface area (Å²) in [4.78, 5) is 14.8. The minimum Gasteiger partial charge on any atom is -0.481 e. The van der Waals surface area contributed by atoms with Gasteiger partial charge in [-0.3, -0.25) is 4.79 Å². The molecule has 1 unspecified atom stereocenters. The Morgan fingerprint density at radius 2 is 2.50 bits per heavy atom. The van der Waals surface area contributed by atoms with Crippen LogP contribution in [0.15, 0.2) is 5.38 Å². The van der Waals surface area contributed by atoms with Crippen molar-refractivity contribution in [2.75, 3.05) is 6.61 Å². The van der Waals surface area contributed by atoms with Crippen molar-refractivity contribution in [3.63, 3.8) is 0 Å². The van der Waals surface area contributed by atoms with E-state index in [1.54, 1.807) is 0 Å². The number of aliphatic carboxylic acids is 1. The number of carboxylic acid groups (broad SMARTS) is 1. The smallest absolute Gasteiger partial charge is 0.309 e. The minimum absolute atomic E-state index is 0.0159. The fourth-order valence-corrected chi connectivity index (χ4v) is 2.70. The van der Waals surface area contributed by atoms with Crippen molar-refractivity contribution < 1.29 is 14.6 Å². The molecule has 1 aliphatic rings. The van der Waals surface area contributed by atoms with Crippen LogP contribution in [0.1, 0.15) is 30.0 Å². The molecule has 88 valence electrons. The van der Waals surface area contributed by atoms with Crippen LogP contribution in [-0.2, 0) is 22.4 Å². The van der Waals surface area contributed by atoms with Crippen molar-refractivity contribution in [1.29, 1.82) is 0 Å². The maximum absolute atomic E-state index is 10.5. The van der Waals surface area contributed by atoms with Gasteiger partial charge in [0.1, 0.15) is 0 Å². The summed E-state index contributed by atoms with van der Waals surface area (Å²) in [6.07, 6.45) is 4.58. The molecular weight excluding hydrogens is 226 g/mol. The summed E-state index contributed by atoms with van der Waals surface area (Å²) in [5.74, 6) is -0.828. The summed E-state index contributed by atoms with van der Waals surface area (Å²) >= 11 is 1.53. The molecule has 16 heavy (non-hydrogen) atoms. The maximum atomic E-state index is 10.5. The first-order chi connectivity index (χ1) is 7.74. The summed E-state index contributed by atoms with van der Waals surface area (Å²) < 4.78 is 5.62. The lowest BCUT2D eigenvalue weighted by molar-refractivity contribution is -0.136. The molecule has 1 saturated heterocycles. The van der Waals surface area contributed by atoms with Gasteiger partial charge in [0.05, 0.1) is 23.2 Å². The van der Waals surface area contributed by atoms with Crippen molar-refractivity contribution >= 4 is 17.3 Å². The average Bonchev–Trinajstić information content (AvgIpc) is 2.66. The molecule has 1 aliphatic heterocycles. The predicted molar refractivity (Wildman–Crippen MR) is 60.7 cm³/mol. The van der Waals surface area contributed by atoms with E-state index < -0.39 is 5.97 Å². The highest BCUT2D eigenvalue weighted by molar-refractivity contribution is 7.09. The third-order valence-electron chi connectivity index (χ3n) is 2.61. The Kier molecular flexibility index (Phi) is 3.90. The molecule has 0 radical (unpaired) electrons. The van der Waals surface area contributed by atoms with E-state index in [4.69, 9.17) is 9.84 Å². The quantitative estimate of drug-likeness (QED) is 0.874. The van der Waals surface area contributed by atoms with Crippen LogP contribution in [0.3, 0.4) is 0 Å². The van der Waals surface area contributed by atoms with Crippen LogP contribution in [-0.4, -0.2) is 28.8 Å². The Balaban J connectivity index is 1.88. The molecule has 1 aromatic heterocycles. The number of hydrogen-bond donors (Lipinski definition) is 1. The van der Waals surface area contributed by atoms with E-state index in [9.17, 15) is 4.79 Å². The maximum Gasteiger partial charge on any atom is 0.309 e. The number of rotatable bonds is 4. The zero-order valence-electron chi connectivity index (χ0n) is 9.02. The second-order valence-electron chi connectivity index (χ2n) is 4.00. The van der Waals surface area contributed by atoms with Crippen LogP contribution in [0.5, 0.6) is 0 Å². The Morgan fingerprint density at radius 1 is 1.62 bits per heavy atom. The Morgan fingerprint density at radius 3 is 3.19 bits per heavy atom. The molecule has 1 N–H and O–H groups in total. The van der Waals surface area contributed by atoms with Crippen molar-refractivity contribution in [2.45, 2.75) is 38.2 Å². The highest BCUT2D eigenvalue weighted by Crippen LogP contribution is 2.19. The van der Waals surface area contributed by atoms with Crippen molar-refractivity contribution in [2.24, 2.45) is 0 Å². The van der Waals surface area contributed by atoms with Gasteiger partial charge >= 0.3 is 5.97 Å². The molecule has 1 atom stereocenters. The van der Waals surface area contributed by atoms with Gasteiger partial charge in [0, 0.05) is 18.4 Å². The zero-order chi connectivity index (χ0) is 11.4. The molecule has 1 fully saturated rings. The van der Waals surface area contributed by atoms with Gasteiger partial charge in [0.25, 0.3) is 0 Å². The fraction of sp³-hybridized carbons (Fsp3) is 0.636. The number of thiazole rings is 1. The molecule has 1 aromatic rings. The highest BCUT2D eigenvalue weighted by atomic mass is 32.1.